The van der Waals surface area contributed by atoms with Crippen molar-refractivity contribution in [3.8, 4) is 0 Å². The molecule has 0 aromatic heterocycles. The lowest BCUT2D eigenvalue weighted by atomic mass is 10.0. The molecular formula is C21H28FN3O3S. The molecule has 1 unspecified atom stereocenters. The van der Waals surface area contributed by atoms with E-state index in [1.165, 1.54) is 24.3 Å². The summed E-state index contributed by atoms with van der Waals surface area (Å²) in [4.78, 5) is 16.5. The first-order chi connectivity index (χ1) is 13.7. The van der Waals surface area contributed by atoms with E-state index in [0.717, 1.165) is 12.8 Å². The Hall–Kier alpha value is -2.22. The number of nitrogens with zero attached hydrogens (tertiary/aromatic N) is 3. The summed E-state index contributed by atoms with van der Waals surface area (Å²) in [6.45, 7) is 8.27. The number of amides is 1. The molecule has 29 heavy (non-hydrogen) atoms. The molecule has 1 saturated heterocycles. The Morgan fingerprint density at radius 2 is 1.86 bits per heavy atom. The average Bonchev–Trinajstić information content (AvgIpc) is 2.83. The molecule has 2 aliphatic heterocycles. The largest absolute Gasteiger partial charge is 0.354 e. The lowest BCUT2D eigenvalue weighted by molar-refractivity contribution is -0.131. The fourth-order valence-corrected chi connectivity index (χ4v) is 5.22. The maximum atomic E-state index is 13.2. The van der Waals surface area contributed by atoms with Crippen molar-refractivity contribution in [2.24, 2.45) is 10.3 Å². The van der Waals surface area contributed by atoms with E-state index in [1.54, 1.807) is 6.92 Å². The highest BCUT2D eigenvalue weighted by Crippen LogP contribution is 2.33. The molecule has 2 aliphatic rings. The standard InChI is InChI=1S/C21H28FN3O3S/c1-4-15(2)14-19(26)24-10-5-11-25(13-12-24)21-16(3)20(29(27,28)23-21)17-6-8-18(22)9-7-17/h6-9,15H,4-5,10-14H2,1-3H3. The lowest BCUT2D eigenvalue weighted by Crippen LogP contribution is -2.37. The van der Waals surface area contributed by atoms with Gasteiger partial charge in [-0.1, -0.05) is 32.4 Å². The highest BCUT2D eigenvalue weighted by Gasteiger charge is 2.34. The maximum absolute atomic E-state index is 13.2. The van der Waals surface area contributed by atoms with Gasteiger partial charge in [0, 0.05) is 38.2 Å². The van der Waals surface area contributed by atoms with Crippen molar-refractivity contribution in [3.05, 3.63) is 41.2 Å². The summed E-state index contributed by atoms with van der Waals surface area (Å²) in [5.41, 5.74) is 0.999. The molecule has 0 bridgehead atoms. The minimum absolute atomic E-state index is 0.126. The molecule has 6 nitrogen and oxygen atoms in total. The first kappa shape index (κ1) is 21.5. The van der Waals surface area contributed by atoms with Crippen molar-refractivity contribution in [3.63, 3.8) is 0 Å². The van der Waals surface area contributed by atoms with Crippen molar-refractivity contribution in [2.75, 3.05) is 26.2 Å². The molecule has 1 aromatic rings. The number of hydrogen-bond acceptors (Lipinski definition) is 4. The van der Waals surface area contributed by atoms with Crippen LogP contribution >= 0.6 is 0 Å². The molecule has 0 spiro atoms. The minimum Gasteiger partial charge on any atom is -0.354 e. The average molecular weight is 422 g/mol. The van der Waals surface area contributed by atoms with Crippen LogP contribution in [0.2, 0.25) is 0 Å². The lowest BCUT2D eigenvalue weighted by Gasteiger charge is -2.24. The quantitative estimate of drug-likeness (QED) is 0.748. The fourth-order valence-electron chi connectivity index (χ4n) is 3.73. The summed E-state index contributed by atoms with van der Waals surface area (Å²) in [6, 6.07) is 5.41. The smallest absolute Gasteiger partial charge is 0.285 e. The molecule has 0 aliphatic carbocycles. The van der Waals surface area contributed by atoms with E-state index >= 15 is 0 Å². The predicted molar refractivity (Wildman–Crippen MR) is 112 cm³/mol. The molecular weight excluding hydrogens is 393 g/mol. The second kappa shape index (κ2) is 8.65. The molecule has 0 saturated carbocycles. The molecule has 1 amide bonds. The monoisotopic (exact) mass is 421 g/mol. The molecule has 1 aromatic carbocycles. The topological polar surface area (TPSA) is 70.1 Å². The van der Waals surface area contributed by atoms with Crippen LogP contribution < -0.4 is 0 Å². The van der Waals surface area contributed by atoms with Gasteiger partial charge in [-0.3, -0.25) is 4.79 Å². The van der Waals surface area contributed by atoms with Crippen molar-refractivity contribution in [2.45, 2.75) is 40.0 Å². The minimum atomic E-state index is -3.84. The summed E-state index contributed by atoms with van der Waals surface area (Å²) >= 11 is 0. The zero-order chi connectivity index (χ0) is 21.2. The van der Waals surface area contributed by atoms with E-state index in [9.17, 15) is 17.6 Å². The Bertz CT molecular complexity index is 938. The van der Waals surface area contributed by atoms with Gasteiger partial charge in [0.05, 0.1) is 0 Å². The Balaban J connectivity index is 1.78. The summed E-state index contributed by atoms with van der Waals surface area (Å²) in [5, 5.41) is 0. The molecule has 1 atom stereocenters. The van der Waals surface area contributed by atoms with Crippen LogP contribution in [0.1, 0.15) is 45.6 Å². The number of carbonyl (C=O) groups is 1. The van der Waals surface area contributed by atoms with Gasteiger partial charge in [-0.15, -0.1) is 4.40 Å². The third-order valence-corrected chi connectivity index (χ3v) is 7.09. The zero-order valence-corrected chi connectivity index (χ0v) is 18.0. The van der Waals surface area contributed by atoms with Crippen LogP contribution in [0.25, 0.3) is 4.91 Å². The maximum Gasteiger partial charge on any atom is 0.285 e. The Morgan fingerprint density at radius 1 is 1.17 bits per heavy atom. The normalized spacial score (nSPS) is 20.5. The molecule has 0 radical (unpaired) electrons. The van der Waals surface area contributed by atoms with E-state index in [1.807, 2.05) is 9.80 Å². The van der Waals surface area contributed by atoms with Crippen LogP contribution in [0.3, 0.4) is 0 Å². The number of rotatable bonds is 4. The van der Waals surface area contributed by atoms with Gasteiger partial charge in [0.25, 0.3) is 10.0 Å². The van der Waals surface area contributed by atoms with Gasteiger partial charge < -0.3 is 9.80 Å². The number of hydrogen-bond donors (Lipinski definition) is 0. The number of halogens is 1. The van der Waals surface area contributed by atoms with Gasteiger partial charge in [0.15, 0.2) is 0 Å². The van der Waals surface area contributed by atoms with Gasteiger partial charge in [-0.2, -0.15) is 8.42 Å². The number of benzene rings is 1. The van der Waals surface area contributed by atoms with Gasteiger partial charge in [0.2, 0.25) is 5.91 Å². The molecule has 0 N–H and O–H groups in total. The van der Waals surface area contributed by atoms with E-state index in [4.69, 9.17) is 0 Å². The molecule has 2 heterocycles. The highest BCUT2D eigenvalue weighted by molar-refractivity contribution is 8.00. The fraction of sp³-hybridized carbons (Fsp3) is 0.524. The Kier molecular flexibility index (Phi) is 6.41. The van der Waals surface area contributed by atoms with Gasteiger partial charge >= 0.3 is 0 Å². The zero-order valence-electron chi connectivity index (χ0n) is 17.2. The summed E-state index contributed by atoms with van der Waals surface area (Å²) < 4.78 is 42.7. The van der Waals surface area contributed by atoms with Crippen LogP contribution in [-0.2, 0) is 14.8 Å². The van der Waals surface area contributed by atoms with Crippen molar-refractivity contribution >= 4 is 26.7 Å². The predicted octanol–water partition coefficient (Wildman–Crippen LogP) is 3.27. The van der Waals surface area contributed by atoms with Gasteiger partial charge in [-0.05, 0) is 37.0 Å². The van der Waals surface area contributed by atoms with E-state index in [2.05, 4.69) is 18.2 Å². The first-order valence-corrected chi connectivity index (χ1v) is 11.5. The number of carbonyl (C=O) groups excluding carboxylic acids is 1. The van der Waals surface area contributed by atoms with Gasteiger partial charge in [0.1, 0.15) is 16.6 Å². The van der Waals surface area contributed by atoms with E-state index < -0.39 is 15.8 Å². The van der Waals surface area contributed by atoms with Crippen LogP contribution in [0.5, 0.6) is 0 Å². The molecule has 1 fully saturated rings. The van der Waals surface area contributed by atoms with Crippen molar-refractivity contribution in [1.29, 1.82) is 0 Å². The Morgan fingerprint density at radius 3 is 2.52 bits per heavy atom. The second-order valence-corrected chi connectivity index (χ2v) is 9.33. The van der Waals surface area contributed by atoms with Crippen LogP contribution in [-0.4, -0.2) is 56.1 Å². The second-order valence-electron chi connectivity index (χ2n) is 7.79. The summed E-state index contributed by atoms with van der Waals surface area (Å²) in [7, 11) is -3.84. The molecule has 158 valence electrons. The summed E-state index contributed by atoms with van der Waals surface area (Å²) in [6.07, 6.45) is 2.26. The SMILES string of the molecule is CCC(C)CC(=O)N1CCCN(C2=NS(=O)(=O)C(c3ccc(F)cc3)=C2C)CC1. The highest BCUT2D eigenvalue weighted by atomic mass is 32.2. The summed E-state index contributed by atoms with van der Waals surface area (Å²) in [5.74, 6) is 0.523. The third-order valence-electron chi connectivity index (χ3n) is 5.62. The molecule has 8 heteroatoms. The third kappa shape index (κ3) is 4.69. The van der Waals surface area contributed by atoms with Crippen LogP contribution in [0.15, 0.2) is 34.2 Å². The van der Waals surface area contributed by atoms with Crippen LogP contribution in [0.4, 0.5) is 4.39 Å². The number of amidine groups is 1. The Labute approximate surface area is 172 Å². The van der Waals surface area contributed by atoms with E-state index in [0.29, 0.717) is 55.5 Å². The molecule has 3 rings (SSSR count). The van der Waals surface area contributed by atoms with Crippen molar-refractivity contribution in [1.82, 2.24) is 9.80 Å². The van der Waals surface area contributed by atoms with Crippen LogP contribution in [0, 0.1) is 11.7 Å². The number of sulfonamides is 1. The van der Waals surface area contributed by atoms with Crippen molar-refractivity contribution < 1.29 is 17.6 Å². The first-order valence-electron chi connectivity index (χ1n) is 10.1. The van der Waals surface area contributed by atoms with E-state index in [-0.39, 0.29) is 10.8 Å². The van der Waals surface area contributed by atoms with Gasteiger partial charge in [-0.25, -0.2) is 4.39 Å².